The van der Waals surface area contributed by atoms with Crippen LogP contribution in [0.5, 0.6) is 0 Å². The molecular formula is C13H12ClFN4S. The summed E-state index contributed by atoms with van der Waals surface area (Å²) in [5.41, 5.74) is 3.51. The highest BCUT2D eigenvalue weighted by atomic mass is 35.5. The molecule has 1 N–H and O–H groups in total. The number of hydrogen-bond acceptors (Lipinski definition) is 2. The van der Waals surface area contributed by atoms with E-state index < -0.39 is 5.82 Å². The molecule has 0 atom stereocenters. The Bertz CT molecular complexity index is 861. The zero-order valence-electron chi connectivity index (χ0n) is 10.9. The third-order valence-electron chi connectivity index (χ3n) is 3.48. The Hall–Kier alpha value is -1.66. The molecule has 0 saturated carbocycles. The minimum atomic E-state index is -0.454. The average Bonchev–Trinajstić information content (AvgIpc) is 2.86. The van der Waals surface area contributed by atoms with Gasteiger partial charge < -0.3 is 9.55 Å². The molecule has 0 aliphatic rings. The first-order chi connectivity index (χ1) is 9.47. The van der Waals surface area contributed by atoms with Crippen LogP contribution in [0.2, 0.25) is 5.02 Å². The number of H-pyrrole nitrogens is 1. The summed E-state index contributed by atoms with van der Waals surface area (Å²) in [5.74, 6) is -0.454. The lowest BCUT2D eigenvalue weighted by atomic mass is 10.2. The minimum Gasteiger partial charge on any atom is -0.331 e. The predicted molar refractivity (Wildman–Crippen MR) is 79.1 cm³/mol. The maximum atomic E-state index is 13.7. The number of hydrogen-bond donors (Lipinski definition) is 1. The summed E-state index contributed by atoms with van der Waals surface area (Å²) in [7, 11) is 1.88. The molecule has 1 aromatic carbocycles. The van der Waals surface area contributed by atoms with Crippen molar-refractivity contribution in [3.63, 3.8) is 0 Å². The molecule has 4 nitrogen and oxygen atoms in total. The summed E-state index contributed by atoms with van der Waals surface area (Å²) in [4.78, 5) is 3.04. The Balaban J connectivity index is 2.16. The van der Waals surface area contributed by atoms with Crippen LogP contribution in [-0.4, -0.2) is 19.3 Å². The van der Waals surface area contributed by atoms with Gasteiger partial charge in [0.15, 0.2) is 4.77 Å². The second-order valence-corrected chi connectivity index (χ2v) is 5.47. The number of aromatic amines is 1. The Morgan fingerprint density at radius 3 is 2.85 bits per heavy atom. The molecule has 0 bridgehead atoms. The van der Waals surface area contributed by atoms with Crippen molar-refractivity contribution in [3.8, 4) is 0 Å². The molecule has 3 aromatic rings. The molecule has 2 aromatic heterocycles. The van der Waals surface area contributed by atoms with Gasteiger partial charge in [-0.2, -0.15) is 5.10 Å². The highest BCUT2D eigenvalue weighted by Crippen LogP contribution is 2.23. The Labute approximate surface area is 124 Å². The van der Waals surface area contributed by atoms with Crippen LogP contribution in [0.1, 0.15) is 11.3 Å². The van der Waals surface area contributed by atoms with Crippen molar-refractivity contribution in [3.05, 3.63) is 45.2 Å². The van der Waals surface area contributed by atoms with Crippen LogP contribution in [0.15, 0.2) is 18.3 Å². The van der Waals surface area contributed by atoms with E-state index >= 15 is 0 Å². The summed E-state index contributed by atoms with van der Waals surface area (Å²) in [5, 5.41) is 4.28. The number of aromatic nitrogens is 4. The standard InChI is InChI=1S/C13H12ClFN4S/c1-7-8(5-16-18(7)2)6-19-12-4-10(15)9(14)3-11(12)17-13(19)20/h3-5H,6H2,1-2H3,(H,17,20). The van der Waals surface area contributed by atoms with E-state index in [2.05, 4.69) is 10.1 Å². The maximum Gasteiger partial charge on any atom is 0.178 e. The number of rotatable bonds is 2. The molecule has 2 heterocycles. The molecule has 0 radical (unpaired) electrons. The molecule has 20 heavy (non-hydrogen) atoms. The van der Waals surface area contributed by atoms with Crippen molar-refractivity contribution in [1.29, 1.82) is 0 Å². The number of nitrogens with zero attached hydrogens (tertiary/aromatic N) is 3. The molecule has 0 aliphatic heterocycles. The van der Waals surface area contributed by atoms with Gasteiger partial charge in [-0.25, -0.2) is 4.39 Å². The zero-order valence-corrected chi connectivity index (χ0v) is 12.5. The molecule has 0 fully saturated rings. The van der Waals surface area contributed by atoms with E-state index in [4.69, 9.17) is 23.8 Å². The van der Waals surface area contributed by atoms with Gasteiger partial charge in [-0.1, -0.05) is 11.6 Å². The topological polar surface area (TPSA) is 38.5 Å². The number of nitrogens with one attached hydrogen (secondary N) is 1. The van der Waals surface area contributed by atoms with Gasteiger partial charge in [-0.15, -0.1) is 0 Å². The van der Waals surface area contributed by atoms with E-state index in [9.17, 15) is 4.39 Å². The van der Waals surface area contributed by atoms with Crippen LogP contribution in [0.4, 0.5) is 4.39 Å². The van der Waals surface area contributed by atoms with Gasteiger partial charge in [0.05, 0.1) is 28.8 Å². The second-order valence-electron chi connectivity index (χ2n) is 4.68. The lowest BCUT2D eigenvalue weighted by molar-refractivity contribution is 0.628. The number of halogens is 2. The zero-order chi connectivity index (χ0) is 14.4. The quantitative estimate of drug-likeness (QED) is 0.735. The van der Waals surface area contributed by atoms with Gasteiger partial charge in [0.2, 0.25) is 0 Å². The van der Waals surface area contributed by atoms with Crippen LogP contribution in [0.25, 0.3) is 11.0 Å². The third kappa shape index (κ3) is 2.05. The number of fused-ring (bicyclic) bond motifs is 1. The molecule has 0 spiro atoms. The van der Waals surface area contributed by atoms with Gasteiger partial charge in [-0.3, -0.25) is 4.68 Å². The fourth-order valence-electron chi connectivity index (χ4n) is 2.18. The highest BCUT2D eigenvalue weighted by molar-refractivity contribution is 7.71. The van der Waals surface area contributed by atoms with E-state index in [1.54, 1.807) is 16.9 Å². The Kier molecular flexibility index (Phi) is 3.14. The first-order valence-electron chi connectivity index (χ1n) is 6.02. The monoisotopic (exact) mass is 310 g/mol. The van der Waals surface area contributed by atoms with Crippen LogP contribution >= 0.6 is 23.8 Å². The van der Waals surface area contributed by atoms with E-state index in [1.165, 1.54) is 6.07 Å². The average molecular weight is 311 g/mol. The number of benzene rings is 1. The first-order valence-corrected chi connectivity index (χ1v) is 6.81. The lowest BCUT2D eigenvalue weighted by Crippen LogP contribution is -2.02. The molecule has 0 amide bonds. The molecule has 0 unspecified atom stereocenters. The Morgan fingerprint density at radius 2 is 2.20 bits per heavy atom. The van der Waals surface area contributed by atoms with Gasteiger partial charge in [-0.05, 0) is 25.2 Å². The van der Waals surface area contributed by atoms with E-state index in [0.717, 1.165) is 16.8 Å². The van der Waals surface area contributed by atoms with Gasteiger partial charge in [0.1, 0.15) is 5.82 Å². The maximum absolute atomic E-state index is 13.7. The van der Waals surface area contributed by atoms with Crippen molar-refractivity contribution >= 4 is 34.9 Å². The predicted octanol–water partition coefficient (Wildman–Crippen LogP) is 3.58. The molecule has 7 heteroatoms. The van der Waals surface area contributed by atoms with E-state index in [1.807, 2.05) is 18.5 Å². The lowest BCUT2D eigenvalue weighted by Gasteiger charge is -2.05. The van der Waals surface area contributed by atoms with Gasteiger partial charge in [0, 0.05) is 24.4 Å². The summed E-state index contributed by atoms with van der Waals surface area (Å²) >= 11 is 11.1. The fourth-order valence-corrected chi connectivity index (χ4v) is 2.62. The third-order valence-corrected chi connectivity index (χ3v) is 4.09. The summed E-state index contributed by atoms with van der Waals surface area (Å²) in [6.07, 6.45) is 1.79. The first kappa shape index (κ1) is 13.3. The fraction of sp³-hybridized carbons (Fsp3) is 0.231. The van der Waals surface area contributed by atoms with Crippen LogP contribution in [0.3, 0.4) is 0 Å². The van der Waals surface area contributed by atoms with Crippen molar-refractivity contribution in [2.45, 2.75) is 13.5 Å². The van der Waals surface area contributed by atoms with Crippen molar-refractivity contribution < 1.29 is 4.39 Å². The van der Waals surface area contributed by atoms with Crippen LogP contribution in [0, 0.1) is 17.5 Å². The molecule has 104 valence electrons. The van der Waals surface area contributed by atoms with E-state index in [0.29, 0.717) is 16.8 Å². The summed E-state index contributed by atoms with van der Waals surface area (Å²) in [6.45, 7) is 2.53. The highest BCUT2D eigenvalue weighted by Gasteiger charge is 2.11. The van der Waals surface area contributed by atoms with Gasteiger partial charge >= 0.3 is 0 Å². The number of imidazole rings is 1. The molecule has 3 rings (SSSR count). The van der Waals surface area contributed by atoms with Crippen LogP contribution < -0.4 is 0 Å². The van der Waals surface area contributed by atoms with Crippen molar-refractivity contribution in [2.24, 2.45) is 7.05 Å². The SMILES string of the molecule is Cc1c(Cn2c(=S)[nH]c3cc(Cl)c(F)cc32)cnn1C. The van der Waals surface area contributed by atoms with Crippen LogP contribution in [-0.2, 0) is 13.6 Å². The number of aryl methyl sites for hydroxylation is 1. The summed E-state index contributed by atoms with van der Waals surface area (Å²) < 4.78 is 17.8. The van der Waals surface area contributed by atoms with Crippen molar-refractivity contribution in [1.82, 2.24) is 19.3 Å². The molecular weight excluding hydrogens is 299 g/mol. The minimum absolute atomic E-state index is 0.0819. The molecule has 0 saturated heterocycles. The summed E-state index contributed by atoms with van der Waals surface area (Å²) in [6, 6.07) is 2.95. The van der Waals surface area contributed by atoms with Gasteiger partial charge in [0.25, 0.3) is 0 Å². The van der Waals surface area contributed by atoms with Crippen molar-refractivity contribution in [2.75, 3.05) is 0 Å². The smallest absolute Gasteiger partial charge is 0.178 e. The normalized spacial score (nSPS) is 11.4. The second kappa shape index (κ2) is 4.71. The van der Waals surface area contributed by atoms with E-state index in [-0.39, 0.29) is 5.02 Å². The molecule has 0 aliphatic carbocycles. The Morgan fingerprint density at radius 1 is 1.45 bits per heavy atom. The largest absolute Gasteiger partial charge is 0.331 e.